The molecule has 1 amide bonds. The fraction of sp³-hybridized carbons (Fsp3) is 0.318. The first-order chi connectivity index (χ1) is 15.4. The lowest BCUT2D eigenvalue weighted by Crippen LogP contribution is -2.33. The van der Waals surface area contributed by atoms with E-state index >= 15 is 0 Å². The third kappa shape index (κ3) is 5.20. The molecule has 0 saturated heterocycles. The Morgan fingerprint density at radius 1 is 1.16 bits per heavy atom. The van der Waals surface area contributed by atoms with Crippen molar-refractivity contribution >= 4 is 34.8 Å². The standard InChI is InChI=1S/C22H24N4O6/c1-25-14-15(16-8-4-5-9-17(16)25)12-13-26(18(27)10-6-7-11-19(28)30-2)22-24-23-20(32-22)21(29)31-3/h4-5,7-9,11,14H,6,10,12-13H2,1-3H3/b11-7-. The molecule has 0 aliphatic carbocycles. The van der Waals surface area contributed by atoms with Gasteiger partial charge in [0.05, 0.1) is 14.2 Å². The van der Waals surface area contributed by atoms with Crippen molar-refractivity contribution in [2.24, 2.45) is 7.05 Å². The third-order valence-electron chi connectivity index (χ3n) is 4.87. The van der Waals surface area contributed by atoms with Gasteiger partial charge in [0, 0.05) is 43.2 Å². The van der Waals surface area contributed by atoms with Gasteiger partial charge in [-0.05, 0) is 24.5 Å². The van der Waals surface area contributed by atoms with E-state index in [1.807, 2.05) is 42.1 Å². The number of methoxy groups -OCH3 is 2. The summed E-state index contributed by atoms with van der Waals surface area (Å²) < 4.78 is 16.5. The number of amides is 1. The zero-order valence-corrected chi connectivity index (χ0v) is 18.1. The summed E-state index contributed by atoms with van der Waals surface area (Å²) in [6.45, 7) is 0.260. The maximum absolute atomic E-state index is 12.9. The zero-order valence-electron chi connectivity index (χ0n) is 18.1. The van der Waals surface area contributed by atoms with E-state index in [2.05, 4.69) is 19.7 Å². The van der Waals surface area contributed by atoms with Gasteiger partial charge >= 0.3 is 23.8 Å². The molecule has 0 radical (unpaired) electrons. The normalized spacial score (nSPS) is 11.1. The van der Waals surface area contributed by atoms with E-state index in [-0.39, 0.29) is 30.8 Å². The largest absolute Gasteiger partial charge is 0.466 e. The van der Waals surface area contributed by atoms with Crippen LogP contribution in [0.2, 0.25) is 0 Å². The highest BCUT2D eigenvalue weighted by molar-refractivity contribution is 5.92. The molecule has 0 bridgehead atoms. The van der Waals surface area contributed by atoms with Crippen molar-refractivity contribution in [2.45, 2.75) is 19.3 Å². The first-order valence-corrected chi connectivity index (χ1v) is 9.94. The number of anilines is 1. The highest BCUT2D eigenvalue weighted by Crippen LogP contribution is 2.22. The molecule has 0 atom stereocenters. The van der Waals surface area contributed by atoms with Crippen molar-refractivity contribution in [1.82, 2.24) is 14.8 Å². The second-order valence-corrected chi connectivity index (χ2v) is 6.92. The average Bonchev–Trinajstić information content (AvgIpc) is 3.41. The molecule has 2 aromatic heterocycles. The predicted octanol–water partition coefficient (Wildman–Crippen LogP) is 2.43. The van der Waals surface area contributed by atoms with E-state index in [9.17, 15) is 14.4 Å². The van der Waals surface area contributed by atoms with Crippen LogP contribution in [-0.4, -0.2) is 53.4 Å². The monoisotopic (exact) mass is 440 g/mol. The molecule has 0 unspecified atom stereocenters. The first kappa shape index (κ1) is 22.7. The van der Waals surface area contributed by atoms with Crippen LogP contribution in [0.3, 0.4) is 0 Å². The number of fused-ring (bicyclic) bond motifs is 1. The number of aromatic nitrogens is 3. The van der Waals surface area contributed by atoms with Crippen molar-refractivity contribution < 1.29 is 28.3 Å². The Hall–Kier alpha value is -3.95. The van der Waals surface area contributed by atoms with Crippen LogP contribution in [0.5, 0.6) is 0 Å². The Bertz CT molecular complexity index is 1150. The number of rotatable bonds is 9. The van der Waals surface area contributed by atoms with Crippen LogP contribution in [0.15, 0.2) is 47.0 Å². The minimum absolute atomic E-state index is 0.0902. The van der Waals surface area contributed by atoms with Gasteiger partial charge in [0.1, 0.15) is 0 Å². The van der Waals surface area contributed by atoms with Gasteiger partial charge in [-0.15, -0.1) is 0 Å². The second-order valence-electron chi connectivity index (χ2n) is 6.92. The number of para-hydroxylation sites is 1. The van der Waals surface area contributed by atoms with Crippen LogP contribution in [0.4, 0.5) is 6.01 Å². The zero-order chi connectivity index (χ0) is 23.1. The van der Waals surface area contributed by atoms with Crippen LogP contribution < -0.4 is 4.90 Å². The Balaban J connectivity index is 1.79. The molecule has 0 aliphatic heterocycles. The molecule has 10 heteroatoms. The molecule has 0 spiro atoms. The number of allylic oxidation sites excluding steroid dienone is 1. The van der Waals surface area contributed by atoms with Crippen LogP contribution in [0, 0.1) is 0 Å². The van der Waals surface area contributed by atoms with Gasteiger partial charge in [0.2, 0.25) is 5.91 Å². The van der Waals surface area contributed by atoms with Crippen molar-refractivity contribution in [3.05, 3.63) is 54.1 Å². The molecular weight excluding hydrogens is 416 g/mol. The quantitative estimate of drug-likeness (QED) is 0.368. The Labute approximate surface area is 184 Å². The molecule has 0 fully saturated rings. The molecule has 32 heavy (non-hydrogen) atoms. The number of esters is 2. The van der Waals surface area contributed by atoms with Gasteiger partial charge in [-0.2, -0.15) is 0 Å². The fourth-order valence-corrected chi connectivity index (χ4v) is 3.27. The number of carbonyl (C=O) groups excluding carboxylic acids is 3. The number of aryl methyl sites for hydroxylation is 1. The number of nitrogens with zero attached hydrogens (tertiary/aromatic N) is 4. The van der Waals surface area contributed by atoms with Gasteiger partial charge in [-0.25, -0.2) is 9.59 Å². The number of hydrogen-bond acceptors (Lipinski definition) is 8. The smallest absolute Gasteiger partial charge is 0.396 e. The van der Waals surface area contributed by atoms with Crippen LogP contribution in [0.1, 0.15) is 29.1 Å². The maximum atomic E-state index is 12.9. The summed E-state index contributed by atoms with van der Waals surface area (Å²) in [6.07, 6.45) is 5.77. The highest BCUT2D eigenvalue weighted by atomic mass is 16.5. The topological polar surface area (TPSA) is 117 Å². The Kier molecular flexibility index (Phi) is 7.37. The van der Waals surface area contributed by atoms with Gasteiger partial charge < -0.3 is 18.5 Å². The molecule has 0 N–H and O–H groups in total. The second kappa shape index (κ2) is 10.4. The van der Waals surface area contributed by atoms with Gasteiger partial charge in [-0.3, -0.25) is 9.69 Å². The number of benzene rings is 1. The van der Waals surface area contributed by atoms with E-state index in [0.717, 1.165) is 16.5 Å². The van der Waals surface area contributed by atoms with Crippen LogP contribution in [0.25, 0.3) is 10.9 Å². The predicted molar refractivity (Wildman–Crippen MR) is 115 cm³/mol. The SMILES string of the molecule is COC(=O)/C=C\CCC(=O)N(CCc1cn(C)c2ccccc12)c1nnc(C(=O)OC)o1. The van der Waals surface area contributed by atoms with Crippen molar-refractivity contribution in [2.75, 3.05) is 25.7 Å². The summed E-state index contributed by atoms with van der Waals surface area (Å²) in [5.74, 6) is -1.91. The average molecular weight is 440 g/mol. The van der Waals surface area contributed by atoms with Gasteiger partial charge in [-0.1, -0.05) is 34.5 Å². The van der Waals surface area contributed by atoms with E-state index in [1.165, 1.54) is 25.2 Å². The Morgan fingerprint density at radius 3 is 2.69 bits per heavy atom. The third-order valence-corrected chi connectivity index (χ3v) is 4.87. The minimum atomic E-state index is -0.786. The van der Waals surface area contributed by atoms with E-state index in [1.54, 1.807) is 6.08 Å². The maximum Gasteiger partial charge on any atom is 0.396 e. The molecule has 3 rings (SSSR count). The van der Waals surface area contributed by atoms with E-state index in [4.69, 9.17) is 4.42 Å². The van der Waals surface area contributed by atoms with Gasteiger partial charge in [0.25, 0.3) is 0 Å². The molecule has 10 nitrogen and oxygen atoms in total. The lowest BCUT2D eigenvalue weighted by molar-refractivity contribution is -0.134. The van der Waals surface area contributed by atoms with Crippen molar-refractivity contribution in [3.63, 3.8) is 0 Å². The lowest BCUT2D eigenvalue weighted by Gasteiger charge is -2.17. The van der Waals surface area contributed by atoms with E-state index in [0.29, 0.717) is 12.8 Å². The number of hydrogen-bond donors (Lipinski definition) is 0. The highest BCUT2D eigenvalue weighted by Gasteiger charge is 2.24. The summed E-state index contributed by atoms with van der Waals surface area (Å²) >= 11 is 0. The molecule has 2 heterocycles. The molecular formula is C22H24N4O6. The number of carbonyl (C=O) groups is 3. The summed E-state index contributed by atoms with van der Waals surface area (Å²) in [5, 5.41) is 8.60. The molecule has 1 aromatic carbocycles. The molecule has 3 aromatic rings. The molecule has 0 aliphatic rings. The molecule has 0 saturated carbocycles. The first-order valence-electron chi connectivity index (χ1n) is 9.94. The molecule has 168 valence electrons. The summed E-state index contributed by atoms with van der Waals surface area (Å²) in [4.78, 5) is 37.1. The lowest BCUT2D eigenvalue weighted by atomic mass is 10.1. The summed E-state index contributed by atoms with van der Waals surface area (Å²) in [6, 6.07) is 7.89. The summed E-state index contributed by atoms with van der Waals surface area (Å²) in [7, 11) is 4.44. The Morgan fingerprint density at radius 2 is 1.94 bits per heavy atom. The van der Waals surface area contributed by atoms with Crippen molar-refractivity contribution in [1.29, 1.82) is 0 Å². The van der Waals surface area contributed by atoms with Crippen LogP contribution in [-0.2, 0) is 32.5 Å². The van der Waals surface area contributed by atoms with Crippen molar-refractivity contribution in [3.8, 4) is 0 Å². The van der Waals surface area contributed by atoms with Crippen LogP contribution >= 0.6 is 0 Å². The fourth-order valence-electron chi connectivity index (χ4n) is 3.27. The van der Waals surface area contributed by atoms with Gasteiger partial charge in [0.15, 0.2) is 0 Å². The minimum Gasteiger partial charge on any atom is -0.466 e. The summed E-state index contributed by atoms with van der Waals surface area (Å²) in [5.41, 5.74) is 2.14. The number of ether oxygens (including phenoxy) is 2. The van der Waals surface area contributed by atoms with E-state index < -0.39 is 11.9 Å².